The van der Waals surface area contributed by atoms with E-state index in [9.17, 15) is 14.9 Å². The molecule has 0 saturated carbocycles. The van der Waals surface area contributed by atoms with Crippen LogP contribution in [0.2, 0.25) is 0 Å². The first-order valence-electron chi connectivity index (χ1n) is 4.80. The number of hydrogen-bond acceptors (Lipinski definition) is 4. The molecule has 1 atom stereocenters. The Morgan fingerprint density at radius 2 is 2.06 bits per heavy atom. The van der Waals surface area contributed by atoms with Crippen LogP contribution in [0.1, 0.15) is 6.92 Å². The normalized spacial score (nSPS) is 19.7. The van der Waals surface area contributed by atoms with Gasteiger partial charge in [-0.3, -0.25) is 15.0 Å². The molecule has 1 aliphatic rings. The lowest BCUT2D eigenvalue weighted by molar-refractivity contribution is -0.384. The zero-order valence-electron chi connectivity index (χ0n) is 8.62. The smallest absolute Gasteiger partial charge is 0.414 e. The number of ether oxygens (including phenoxy) is 1. The van der Waals surface area contributed by atoms with E-state index in [1.54, 1.807) is 12.1 Å². The van der Waals surface area contributed by atoms with Gasteiger partial charge in [-0.05, 0) is 19.1 Å². The van der Waals surface area contributed by atoms with E-state index in [-0.39, 0.29) is 11.7 Å². The predicted octanol–water partition coefficient (Wildman–Crippen LogP) is 1.94. The molecule has 0 bridgehead atoms. The largest absolute Gasteiger partial charge is 0.447 e. The second kappa shape index (κ2) is 3.80. The Kier molecular flexibility index (Phi) is 2.47. The zero-order valence-corrected chi connectivity index (χ0v) is 8.62. The summed E-state index contributed by atoms with van der Waals surface area (Å²) in [4.78, 5) is 22.8. The van der Waals surface area contributed by atoms with Crippen LogP contribution in [-0.2, 0) is 4.74 Å². The first kappa shape index (κ1) is 10.4. The standard InChI is InChI=1S/C10H10N2O4/c1-7-6-16-10(13)11(7)8-2-4-9(5-3-8)12(14)15/h2-5,7H,6H2,1H3. The monoisotopic (exact) mass is 222 g/mol. The number of hydrogen-bond donors (Lipinski definition) is 0. The predicted molar refractivity (Wildman–Crippen MR) is 56.4 cm³/mol. The van der Waals surface area contributed by atoms with Gasteiger partial charge in [-0.1, -0.05) is 0 Å². The number of carbonyl (C=O) groups excluding carboxylic acids is 1. The number of non-ortho nitro benzene ring substituents is 1. The maximum atomic E-state index is 11.4. The average Bonchev–Trinajstić information content (AvgIpc) is 2.59. The van der Waals surface area contributed by atoms with Crippen molar-refractivity contribution in [2.45, 2.75) is 13.0 Å². The van der Waals surface area contributed by atoms with E-state index in [2.05, 4.69) is 0 Å². The van der Waals surface area contributed by atoms with Crippen LogP contribution in [0.4, 0.5) is 16.2 Å². The summed E-state index contributed by atoms with van der Waals surface area (Å²) in [7, 11) is 0. The molecule has 1 fully saturated rings. The molecule has 6 nitrogen and oxygen atoms in total. The maximum absolute atomic E-state index is 11.4. The molecule has 1 aliphatic heterocycles. The molecule has 1 heterocycles. The van der Waals surface area contributed by atoms with E-state index in [1.807, 2.05) is 6.92 Å². The molecule has 0 spiro atoms. The number of nitrogens with zero attached hydrogens (tertiary/aromatic N) is 2. The third-order valence-corrected chi connectivity index (χ3v) is 2.42. The molecule has 2 rings (SSSR count). The SMILES string of the molecule is CC1COC(=O)N1c1ccc([N+](=O)[O-])cc1. The second-order valence-corrected chi connectivity index (χ2v) is 3.57. The van der Waals surface area contributed by atoms with Crippen LogP contribution < -0.4 is 4.90 Å². The molecule has 84 valence electrons. The molecule has 1 aromatic carbocycles. The van der Waals surface area contributed by atoms with Crippen LogP contribution in [0.5, 0.6) is 0 Å². The Labute approximate surface area is 91.6 Å². The molecular formula is C10H10N2O4. The summed E-state index contributed by atoms with van der Waals surface area (Å²) in [5, 5.41) is 10.5. The van der Waals surface area contributed by atoms with Crippen LogP contribution in [0, 0.1) is 10.1 Å². The van der Waals surface area contributed by atoms with Gasteiger partial charge in [0.15, 0.2) is 0 Å². The highest BCUT2D eigenvalue weighted by atomic mass is 16.6. The van der Waals surface area contributed by atoms with Gasteiger partial charge in [-0.25, -0.2) is 4.79 Å². The van der Waals surface area contributed by atoms with Gasteiger partial charge in [0, 0.05) is 17.8 Å². The van der Waals surface area contributed by atoms with Gasteiger partial charge in [0.2, 0.25) is 0 Å². The first-order valence-corrected chi connectivity index (χ1v) is 4.80. The summed E-state index contributed by atoms with van der Waals surface area (Å²) in [6, 6.07) is 5.78. The molecule has 1 aromatic rings. The average molecular weight is 222 g/mol. The molecule has 1 unspecified atom stereocenters. The minimum Gasteiger partial charge on any atom is -0.447 e. The van der Waals surface area contributed by atoms with Crippen molar-refractivity contribution in [2.75, 3.05) is 11.5 Å². The van der Waals surface area contributed by atoms with Crippen LogP contribution in [-0.4, -0.2) is 23.7 Å². The van der Waals surface area contributed by atoms with Crippen LogP contribution in [0.3, 0.4) is 0 Å². The summed E-state index contributed by atoms with van der Waals surface area (Å²) in [5.74, 6) is 0. The van der Waals surface area contributed by atoms with Crippen LogP contribution in [0.15, 0.2) is 24.3 Å². The fourth-order valence-electron chi connectivity index (χ4n) is 1.61. The van der Waals surface area contributed by atoms with Gasteiger partial charge in [0.05, 0.1) is 11.0 Å². The Bertz CT molecular complexity index is 429. The van der Waals surface area contributed by atoms with E-state index in [1.165, 1.54) is 17.0 Å². The number of benzene rings is 1. The van der Waals surface area contributed by atoms with Crippen molar-refractivity contribution < 1.29 is 14.5 Å². The Morgan fingerprint density at radius 1 is 1.44 bits per heavy atom. The van der Waals surface area contributed by atoms with Gasteiger partial charge in [0.1, 0.15) is 6.61 Å². The third-order valence-electron chi connectivity index (χ3n) is 2.42. The molecule has 0 aromatic heterocycles. The lowest BCUT2D eigenvalue weighted by atomic mass is 10.2. The van der Waals surface area contributed by atoms with Gasteiger partial charge >= 0.3 is 6.09 Å². The van der Waals surface area contributed by atoms with Crippen molar-refractivity contribution in [2.24, 2.45) is 0 Å². The van der Waals surface area contributed by atoms with Crippen molar-refractivity contribution in [3.05, 3.63) is 34.4 Å². The lowest BCUT2D eigenvalue weighted by Gasteiger charge is -2.17. The van der Waals surface area contributed by atoms with Crippen molar-refractivity contribution in [3.8, 4) is 0 Å². The molecule has 6 heteroatoms. The van der Waals surface area contributed by atoms with Gasteiger partial charge < -0.3 is 4.74 Å². The second-order valence-electron chi connectivity index (χ2n) is 3.57. The Hall–Kier alpha value is -2.11. The summed E-state index contributed by atoms with van der Waals surface area (Å²) >= 11 is 0. The lowest BCUT2D eigenvalue weighted by Crippen LogP contribution is -2.30. The fraction of sp³-hybridized carbons (Fsp3) is 0.300. The molecule has 16 heavy (non-hydrogen) atoms. The highest BCUT2D eigenvalue weighted by Gasteiger charge is 2.30. The van der Waals surface area contributed by atoms with Gasteiger partial charge in [-0.15, -0.1) is 0 Å². The number of carbonyl (C=O) groups is 1. The van der Waals surface area contributed by atoms with Gasteiger partial charge in [0.25, 0.3) is 5.69 Å². The molecule has 0 N–H and O–H groups in total. The molecule has 0 radical (unpaired) electrons. The fourth-order valence-corrected chi connectivity index (χ4v) is 1.61. The number of nitro groups is 1. The number of cyclic esters (lactones) is 1. The molecule has 0 aliphatic carbocycles. The van der Waals surface area contributed by atoms with E-state index >= 15 is 0 Å². The number of rotatable bonds is 2. The van der Waals surface area contributed by atoms with E-state index in [4.69, 9.17) is 4.74 Å². The quantitative estimate of drug-likeness (QED) is 0.566. The zero-order chi connectivity index (χ0) is 11.7. The summed E-state index contributed by atoms with van der Waals surface area (Å²) in [5.41, 5.74) is 0.615. The number of anilines is 1. The topological polar surface area (TPSA) is 72.7 Å². The highest BCUT2D eigenvalue weighted by molar-refractivity contribution is 5.90. The van der Waals surface area contributed by atoms with Crippen LogP contribution in [0.25, 0.3) is 0 Å². The van der Waals surface area contributed by atoms with Crippen molar-refractivity contribution >= 4 is 17.5 Å². The first-order chi connectivity index (χ1) is 7.59. The number of amides is 1. The minimum atomic E-state index is -0.477. The van der Waals surface area contributed by atoms with Crippen molar-refractivity contribution in [1.82, 2.24) is 0 Å². The van der Waals surface area contributed by atoms with E-state index in [0.717, 1.165) is 0 Å². The molecular weight excluding hydrogens is 212 g/mol. The molecule has 1 saturated heterocycles. The maximum Gasteiger partial charge on any atom is 0.414 e. The third kappa shape index (κ3) is 1.69. The number of nitro benzene ring substituents is 1. The van der Waals surface area contributed by atoms with Crippen molar-refractivity contribution in [1.29, 1.82) is 0 Å². The molecule has 1 amide bonds. The van der Waals surface area contributed by atoms with Crippen molar-refractivity contribution in [3.63, 3.8) is 0 Å². The van der Waals surface area contributed by atoms with E-state index < -0.39 is 11.0 Å². The highest BCUT2D eigenvalue weighted by Crippen LogP contribution is 2.24. The summed E-state index contributed by atoms with van der Waals surface area (Å²) in [6.07, 6.45) is -0.415. The Balaban J connectivity index is 2.27. The summed E-state index contributed by atoms with van der Waals surface area (Å²) in [6.45, 7) is 2.20. The van der Waals surface area contributed by atoms with Crippen LogP contribution >= 0.6 is 0 Å². The van der Waals surface area contributed by atoms with Gasteiger partial charge in [-0.2, -0.15) is 0 Å². The summed E-state index contributed by atoms with van der Waals surface area (Å²) < 4.78 is 4.86. The van der Waals surface area contributed by atoms with E-state index in [0.29, 0.717) is 12.3 Å². The Morgan fingerprint density at radius 3 is 2.50 bits per heavy atom. The minimum absolute atomic E-state index is 0.00367.